The van der Waals surface area contributed by atoms with Gasteiger partial charge >= 0.3 is 0 Å². The van der Waals surface area contributed by atoms with Gasteiger partial charge in [0.15, 0.2) is 0 Å². The highest BCUT2D eigenvalue weighted by Crippen LogP contribution is 2.18. The molecule has 0 radical (unpaired) electrons. The second-order valence-electron chi connectivity index (χ2n) is 5.87. The van der Waals surface area contributed by atoms with Crippen LogP contribution in [0.25, 0.3) is 10.9 Å². The third-order valence-electron chi connectivity index (χ3n) is 4.18. The summed E-state index contributed by atoms with van der Waals surface area (Å²) in [6, 6.07) is 16.0. The number of benzene rings is 2. The molecule has 0 aliphatic carbocycles. The van der Waals surface area contributed by atoms with Gasteiger partial charge in [-0.05, 0) is 24.1 Å². The first-order valence-corrected chi connectivity index (χ1v) is 8.42. The SMILES string of the molecule is COc1ccccc1CNCC(=O)NCCc1c[nH]c2ccccc12. The van der Waals surface area contributed by atoms with Crippen LogP contribution in [0.2, 0.25) is 0 Å². The van der Waals surface area contributed by atoms with Gasteiger partial charge in [-0.15, -0.1) is 0 Å². The quantitative estimate of drug-likeness (QED) is 0.592. The summed E-state index contributed by atoms with van der Waals surface area (Å²) in [5, 5.41) is 7.32. The van der Waals surface area contributed by atoms with E-state index in [1.165, 1.54) is 10.9 Å². The van der Waals surface area contributed by atoms with Gasteiger partial charge in [0.05, 0.1) is 13.7 Å². The molecular formula is C20H23N3O2. The molecule has 0 atom stereocenters. The Labute approximate surface area is 147 Å². The average Bonchev–Trinajstić information content (AvgIpc) is 3.05. The normalized spacial score (nSPS) is 10.8. The van der Waals surface area contributed by atoms with Crippen LogP contribution in [0.4, 0.5) is 0 Å². The maximum absolute atomic E-state index is 12.0. The molecular weight excluding hydrogens is 314 g/mol. The zero-order valence-electron chi connectivity index (χ0n) is 14.3. The van der Waals surface area contributed by atoms with Crippen LogP contribution < -0.4 is 15.4 Å². The predicted octanol–water partition coefficient (Wildman–Crippen LogP) is 2.62. The van der Waals surface area contributed by atoms with Gasteiger partial charge in [0.2, 0.25) is 5.91 Å². The Bertz CT molecular complexity index is 842. The monoisotopic (exact) mass is 337 g/mol. The second kappa shape index (κ2) is 8.35. The van der Waals surface area contributed by atoms with Gasteiger partial charge in [-0.1, -0.05) is 36.4 Å². The molecule has 0 spiro atoms. The summed E-state index contributed by atoms with van der Waals surface area (Å²) in [5.74, 6) is 0.824. The van der Waals surface area contributed by atoms with E-state index in [0.717, 1.165) is 23.3 Å². The molecule has 0 fully saturated rings. The van der Waals surface area contributed by atoms with Crippen molar-refractivity contribution in [3.05, 3.63) is 65.9 Å². The van der Waals surface area contributed by atoms with Crippen LogP contribution in [0.5, 0.6) is 5.75 Å². The van der Waals surface area contributed by atoms with Gasteiger partial charge in [-0.25, -0.2) is 0 Å². The summed E-state index contributed by atoms with van der Waals surface area (Å²) in [7, 11) is 1.65. The van der Waals surface area contributed by atoms with E-state index in [0.29, 0.717) is 13.1 Å². The van der Waals surface area contributed by atoms with Gasteiger partial charge in [0.1, 0.15) is 5.75 Å². The number of para-hydroxylation sites is 2. The summed E-state index contributed by atoms with van der Waals surface area (Å²) >= 11 is 0. The van der Waals surface area contributed by atoms with Gasteiger partial charge in [-0.2, -0.15) is 0 Å². The van der Waals surface area contributed by atoms with Crippen molar-refractivity contribution in [2.45, 2.75) is 13.0 Å². The van der Waals surface area contributed by atoms with Crippen molar-refractivity contribution < 1.29 is 9.53 Å². The van der Waals surface area contributed by atoms with E-state index in [1.54, 1.807) is 7.11 Å². The van der Waals surface area contributed by atoms with Crippen molar-refractivity contribution >= 4 is 16.8 Å². The molecule has 5 heteroatoms. The number of aromatic amines is 1. The topological polar surface area (TPSA) is 66.2 Å². The Morgan fingerprint density at radius 3 is 2.76 bits per heavy atom. The van der Waals surface area contributed by atoms with E-state index < -0.39 is 0 Å². The number of hydrogen-bond acceptors (Lipinski definition) is 3. The molecule has 1 aromatic heterocycles. The van der Waals surface area contributed by atoms with Crippen molar-refractivity contribution in [3.8, 4) is 5.75 Å². The number of fused-ring (bicyclic) bond motifs is 1. The Hall–Kier alpha value is -2.79. The number of nitrogens with one attached hydrogen (secondary N) is 3. The molecule has 3 N–H and O–H groups in total. The van der Waals surface area contributed by atoms with Crippen molar-refractivity contribution in [2.24, 2.45) is 0 Å². The highest BCUT2D eigenvalue weighted by atomic mass is 16.5. The van der Waals surface area contributed by atoms with Crippen LogP contribution in [0, 0.1) is 0 Å². The lowest BCUT2D eigenvalue weighted by atomic mass is 10.1. The molecule has 3 aromatic rings. The standard InChI is InChI=1S/C20H23N3O2/c1-25-19-9-5-2-6-16(19)12-21-14-20(24)22-11-10-15-13-23-18-8-4-3-7-17(15)18/h2-9,13,21,23H,10-12,14H2,1H3,(H,22,24). The molecule has 3 rings (SSSR count). The maximum atomic E-state index is 12.0. The minimum absolute atomic E-state index is 0.00487. The fourth-order valence-corrected chi connectivity index (χ4v) is 2.90. The largest absolute Gasteiger partial charge is 0.496 e. The van der Waals surface area contributed by atoms with E-state index >= 15 is 0 Å². The molecule has 2 aromatic carbocycles. The number of aromatic nitrogens is 1. The summed E-state index contributed by atoms with van der Waals surface area (Å²) in [5.41, 5.74) is 3.39. The highest BCUT2D eigenvalue weighted by Gasteiger charge is 2.06. The van der Waals surface area contributed by atoms with Crippen molar-refractivity contribution in [3.63, 3.8) is 0 Å². The van der Waals surface area contributed by atoms with Crippen molar-refractivity contribution in [2.75, 3.05) is 20.2 Å². The summed E-state index contributed by atoms with van der Waals surface area (Å²) < 4.78 is 5.30. The van der Waals surface area contributed by atoms with E-state index in [9.17, 15) is 4.79 Å². The molecule has 0 unspecified atom stereocenters. The Balaban J connectivity index is 1.41. The zero-order valence-corrected chi connectivity index (χ0v) is 14.3. The third-order valence-corrected chi connectivity index (χ3v) is 4.18. The number of carbonyl (C=O) groups is 1. The van der Waals surface area contributed by atoms with Gasteiger partial charge in [-0.3, -0.25) is 4.79 Å². The molecule has 130 valence electrons. The molecule has 0 aliphatic heterocycles. The van der Waals surface area contributed by atoms with Crippen LogP contribution in [0.3, 0.4) is 0 Å². The lowest BCUT2D eigenvalue weighted by Gasteiger charge is -2.09. The molecule has 0 aliphatic rings. The second-order valence-corrected chi connectivity index (χ2v) is 5.87. The fraction of sp³-hybridized carbons (Fsp3) is 0.250. The third kappa shape index (κ3) is 4.39. The van der Waals surface area contributed by atoms with Crippen LogP contribution in [0.15, 0.2) is 54.7 Å². The number of carbonyl (C=O) groups excluding carboxylic acids is 1. The van der Waals surface area contributed by atoms with Gasteiger partial charge in [0, 0.05) is 35.8 Å². The molecule has 1 amide bonds. The Morgan fingerprint density at radius 1 is 1.08 bits per heavy atom. The number of methoxy groups -OCH3 is 1. The average molecular weight is 337 g/mol. The lowest BCUT2D eigenvalue weighted by molar-refractivity contribution is -0.120. The molecule has 5 nitrogen and oxygen atoms in total. The van der Waals surface area contributed by atoms with Crippen LogP contribution in [-0.4, -0.2) is 31.1 Å². The first-order chi connectivity index (χ1) is 12.3. The van der Waals surface area contributed by atoms with Crippen molar-refractivity contribution in [1.82, 2.24) is 15.6 Å². The van der Waals surface area contributed by atoms with Gasteiger partial charge in [0.25, 0.3) is 0 Å². The summed E-state index contributed by atoms with van der Waals surface area (Å²) in [6.45, 7) is 1.50. The molecule has 1 heterocycles. The van der Waals surface area contributed by atoms with Crippen LogP contribution >= 0.6 is 0 Å². The van der Waals surface area contributed by atoms with E-state index in [2.05, 4.69) is 27.8 Å². The zero-order chi connectivity index (χ0) is 17.5. The first-order valence-electron chi connectivity index (χ1n) is 8.42. The molecule has 0 saturated carbocycles. The van der Waals surface area contributed by atoms with Crippen LogP contribution in [0.1, 0.15) is 11.1 Å². The van der Waals surface area contributed by atoms with Crippen LogP contribution in [-0.2, 0) is 17.8 Å². The minimum atomic E-state index is -0.00487. The maximum Gasteiger partial charge on any atom is 0.233 e. The lowest BCUT2D eigenvalue weighted by Crippen LogP contribution is -2.34. The number of amides is 1. The summed E-state index contributed by atoms with van der Waals surface area (Å²) in [6.07, 6.45) is 2.82. The minimum Gasteiger partial charge on any atom is -0.496 e. The van der Waals surface area contributed by atoms with E-state index in [1.807, 2.05) is 42.6 Å². The predicted molar refractivity (Wildman–Crippen MR) is 99.7 cm³/mol. The van der Waals surface area contributed by atoms with Crippen molar-refractivity contribution in [1.29, 1.82) is 0 Å². The van der Waals surface area contributed by atoms with Gasteiger partial charge < -0.3 is 20.4 Å². The fourth-order valence-electron chi connectivity index (χ4n) is 2.90. The Morgan fingerprint density at radius 2 is 1.88 bits per heavy atom. The smallest absolute Gasteiger partial charge is 0.233 e. The first kappa shape index (κ1) is 17.0. The Kier molecular flexibility index (Phi) is 5.69. The molecule has 0 saturated heterocycles. The number of rotatable bonds is 8. The van der Waals surface area contributed by atoms with E-state index in [4.69, 9.17) is 4.74 Å². The number of hydrogen-bond donors (Lipinski definition) is 3. The van der Waals surface area contributed by atoms with E-state index in [-0.39, 0.29) is 12.5 Å². The number of H-pyrrole nitrogens is 1. The summed E-state index contributed by atoms with van der Waals surface area (Å²) in [4.78, 5) is 15.2. The molecule has 0 bridgehead atoms. The highest BCUT2D eigenvalue weighted by molar-refractivity contribution is 5.83. The number of ether oxygens (including phenoxy) is 1. The molecule has 25 heavy (non-hydrogen) atoms.